The Balaban J connectivity index is -0.000000219. The molecule has 120 valence electrons. The van der Waals surface area contributed by atoms with Gasteiger partial charge in [0.25, 0.3) is 0 Å². The van der Waals surface area contributed by atoms with Gasteiger partial charge in [-0.25, -0.2) is 0 Å². The van der Waals surface area contributed by atoms with Crippen molar-refractivity contribution in [2.45, 2.75) is 45.5 Å². The van der Waals surface area contributed by atoms with E-state index >= 15 is 0 Å². The summed E-state index contributed by atoms with van der Waals surface area (Å²) in [6, 6.07) is 0. The highest BCUT2D eigenvalue weighted by Crippen LogP contribution is 1.90. The van der Waals surface area contributed by atoms with Crippen LogP contribution in [0.4, 0.5) is 0 Å². The van der Waals surface area contributed by atoms with E-state index < -0.39 is 12.2 Å². The zero-order chi connectivity index (χ0) is 15.7. The largest absolute Gasteiger partial charge is 0.396 e. The quantitative estimate of drug-likeness (QED) is 0.335. The summed E-state index contributed by atoms with van der Waals surface area (Å²) in [6.07, 6.45) is -0.673. The van der Waals surface area contributed by atoms with Gasteiger partial charge in [-0.2, -0.15) is 0 Å². The first-order chi connectivity index (χ1) is 8.85. The first-order valence-electron chi connectivity index (χ1n) is 6.26. The van der Waals surface area contributed by atoms with Crippen molar-refractivity contribution in [2.75, 3.05) is 33.0 Å². The fraction of sp³-hybridized carbons (Fsp3) is 1.00. The Morgan fingerprint density at radius 3 is 1.37 bits per heavy atom. The van der Waals surface area contributed by atoms with Crippen molar-refractivity contribution < 1.29 is 35.4 Å². The molecule has 0 spiro atoms. The van der Waals surface area contributed by atoms with Crippen LogP contribution in [-0.4, -0.2) is 82.0 Å². The number of aliphatic hydroxyl groups excluding tert-OH is 6. The Hall–Kier alpha value is -0.280. The maximum Gasteiger partial charge on any atom is 0.0779 e. The Labute approximate surface area is 115 Å². The minimum Gasteiger partial charge on any atom is -0.396 e. The van der Waals surface area contributed by atoms with Crippen LogP contribution in [0.15, 0.2) is 0 Å². The zero-order valence-corrected chi connectivity index (χ0v) is 12.1. The van der Waals surface area contributed by atoms with E-state index in [1.165, 1.54) is 6.92 Å². The number of aliphatic hydroxyl groups is 6. The average molecular weight is 286 g/mol. The zero-order valence-electron chi connectivity index (χ0n) is 12.1. The van der Waals surface area contributed by atoms with Gasteiger partial charge in [-0.05, 0) is 27.2 Å². The van der Waals surface area contributed by atoms with E-state index in [1.54, 1.807) is 13.8 Å². The predicted octanol–water partition coefficient (Wildman–Crippen LogP) is -1.51. The fourth-order valence-corrected chi connectivity index (χ4v) is 0.427. The molecule has 0 saturated heterocycles. The van der Waals surface area contributed by atoms with Gasteiger partial charge >= 0.3 is 0 Å². The molecule has 6 N–H and O–H groups in total. The second-order valence-electron chi connectivity index (χ2n) is 4.01. The first-order valence-corrected chi connectivity index (χ1v) is 6.26. The van der Waals surface area contributed by atoms with Gasteiger partial charge in [0.1, 0.15) is 0 Å². The Bertz CT molecular complexity index is 140. The summed E-state index contributed by atoms with van der Waals surface area (Å²) in [4.78, 5) is 0. The van der Waals surface area contributed by atoms with Crippen molar-refractivity contribution in [1.29, 1.82) is 0 Å². The van der Waals surface area contributed by atoms with Crippen molar-refractivity contribution in [2.24, 2.45) is 0 Å². The van der Waals surface area contributed by atoms with Crippen molar-refractivity contribution >= 4 is 0 Å². The molecule has 0 rings (SSSR count). The lowest BCUT2D eigenvalue weighted by Gasteiger charge is -2.10. The SMILES string of the molecule is CC(O)CO.CC(O)COC(C)CO.OCCCO. The monoisotopic (exact) mass is 286 g/mol. The molecule has 3 unspecified atom stereocenters. The molecule has 0 radical (unpaired) electrons. The van der Waals surface area contributed by atoms with Crippen LogP contribution in [0.5, 0.6) is 0 Å². The lowest BCUT2D eigenvalue weighted by atomic mass is 10.4. The summed E-state index contributed by atoms with van der Waals surface area (Å²) in [5.41, 5.74) is 0. The molecular formula is C12H30O7. The first kappa shape index (κ1) is 23.8. The summed E-state index contributed by atoms with van der Waals surface area (Å²) in [5, 5.41) is 48.9. The highest BCUT2D eigenvalue weighted by atomic mass is 16.5. The molecule has 0 aromatic carbocycles. The van der Waals surface area contributed by atoms with Crippen molar-refractivity contribution in [3.8, 4) is 0 Å². The van der Waals surface area contributed by atoms with Gasteiger partial charge in [-0.15, -0.1) is 0 Å². The Morgan fingerprint density at radius 1 is 0.789 bits per heavy atom. The van der Waals surface area contributed by atoms with Gasteiger partial charge in [0.15, 0.2) is 0 Å². The van der Waals surface area contributed by atoms with Crippen molar-refractivity contribution in [3.05, 3.63) is 0 Å². The highest BCUT2D eigenvalue weighted by molar-refractivity contribution is 4.47. The van der Waals surface area contributed by atoms with Gasteiger partial charge in [-0.1, -0.05) is 0 Å². The average Bonchev–Trinajstić information content (AvgIpc) is 2.38. The number of ether oxygens (including phenoxy) is 1. The maximum atomic E-state index is 8.69. The molecule has 0 aromatic rings. The van der Waals surface area contributed by atoms with Crippen LogP contribution in [0.2, 0.25) is 0 Å². The second-order valence-corrected chi connectivity index (χ2v) is 4.01. The minimum absolute atomic E-state index is 0.00667. The number of hydrogen-bond donors (Lipinski definition) is 6. The van der Waals surface area contributed by atoms with Crippen LogP contribution in [0, 0.1) is 0 Å². The lowest BCUT2D eigenvalue weighted by molar-refractivity contribution is -0.0177. The Morgan fingerprint density at radius 2 is 1.21 bits per heavy atom. The molecule has 0 amide bonds. The summed E-state index contributed by atoms with van der Waals surface area (Å²) >= 11 is 0. The normalized spacial score (nSPS) is 14.4. The van der Waals surface area contributed by atoms with Crippen molar-refractivity contribution in [3.63, 3.8) is 0 Å². The Kier molecular flexibility index (Phi) is 25.1. The van der Waals surface area contributed by atoms with Gasteiger partial charge < -0.3 is 35.4 Å². The summed E-state index contributed by atoms with van der Waals surface area (Å²) in [7, 11) is 0. The van der Waals surface area contributed by atoms with Crippen LogP contribution in [-0.2, 0) is 4.74 Å². The van der Waals surface area contributed by atoms with E-state index in [9.17, 15) is 0 Å². The van der Waals surface area contributed by atoms with Crippen LogP contribution in [0.3, 0.4) is 0 Å². The van der Waals surface area contributed by atoms with Gasteiger partial charge in [0, 0.05) is 13.2 Å². The molecule has 0 aromatic heterocycles. The van der Waals surface area contributed by atoms with E-state index in [0.29, 0.717) is 13.0 Å². The van der Waals surface area contributed by atoms with Gasteiger partial charge in [-0.3, -0.25) is 0 Å². The van der Waals surface area contributed by atoms with Crippen LogP contribution in [0.25, 0.3) is 0 Å². The maximum absolute atomic E-state index is 8.69. The smallest absolute Gasteiger partial charge is 0.0779 e. The molecule has 7 heteroatoms. The molecule has 0 saturated carbocycles. The molecule has 0 aliphatic heterocycles. The van der Waals surface area contributed by atoms with E-state index in [1.807, 2.05) is 0 Å². The summed E-state index contributed by atoms with van der Waals surface area (Å²) < 4.78 is 4.95. The number of rotatable bonds is 7. The van der Waals surface area contributed by atoms with E-state index in [4.69, 9.17) is 35.4 Å². The summed E-state index contributed by atoms with van der Waals surface area (Å²) in [6.45, 7) is 5.27. The molecule has 0 aliphatic carbocycles. The molecular weight excluding hydrogens is 256 g/mol. The molecule has 7 nitrogen and oxygen atoms in total. The van der Waals surface area contributed by atoms with Crippen LogP contribution < -0.4 is 0 Å². The van der Waals surface area contributed by atoms with E-state index in [0.717, 1.165) is 0 Å². The third-order valence-electron chi connectivity index (χ3n) is 1.46. The van der Waals surface area contributed by atoms with E-state index in [2.05, 4.69) is 0 Å². The summed E-state index contributed by atoms with van der Waals surface area (Å²) in [5.74, 6) is 0. The van der Waals surface area contributed by atoms with Crippen molar-refractivity contribution in [1.82, 2.24) is 0 Å². The van der Waals surface area contributed by atoms with Crippen LogP contribution >= 0.6 is 0 Å². The standard InChI is InChI=1S/C6H14O3.2C3H8O2/c1-5(8)4-9-6(2)3-7;1-3(5)2-4;4-2-1-3-5/h5-8H,3-4H2,1-2H3;3-5H,2H2,1H3;4-5H,1-3H2. The molecule has 19 heavy (non-hydrogen) atoms. The molecule has 0 aliphatic rings. The molecule has 3 atom stereocenters. The van der Waals surface area contributed by atoms with Gasteiger partial charge in [0.2, 0.25) is 0 Å². The predicted molar refractivity (Wildman–Crippen MR) is 71.7 cm³/mol. The molecule has 0 bridgehead atoms. The topological polar surface area (TPSA) is 131 Å². The number of hydrogen-bond acceptors (Lipinski definition) is 7. The lowest BCUT2D eigenvalue weighted by Crippen LogP contribution is -2.19. The van der Waals surface area contributed by atoms with Crippen LogP contribution in [0.1, 0.15) is 27.2 Å². The van der Waals surface area contributed by atoms with E-state index in [-0.39, 0.29) is 32.5 Å². The second kappa shape index (κ2) is 20.0. The third kappa shape index (κ3) is 38.1. The highest BCUT2D eigenvalue weighted by Gasteiger charge is 2.00. The fourth-order valence-electron chi connectivity index (χ4n) is 0.427. The third-order valence-corrected chi connectivity index (χ3v) is 1.46. The molecule has 0 fully saturated rings. The molecule has 0 heterocycles. The van der Waals surface area contributed by atoms with Gasteiger partial charge in [0.05, 0.1) is 38.1 Å². The minimum atomic E-state index is -0.560.